The standard InChI is InChI=1S/C12H28N2O/c1-5-8-13-9-7-10-14-11-12(3,6-2)15-4/h13-14H,5-11H2,1-4H3. The molecule has 0 aliphatic rings. The van der Waals surface area contributed by atoms with Gasteiger partial charge < -0.3 is 15.4 Å². The van der Waals surface area contributed by atoms with Gasteiger partial charge in [0.1, 0.15) is 0 Å². The minimum Gasteiger partial charge on any atom is -0.377 e. The zero-order chi connectivity index (χ0) is 11.6. The molecule has 0 saturated heterocycles. The lowest BCUT2D eigenvalue weighted by molar-refractivity contribution is 0.00385. The predicted molar refractivity (Wildman–Crippen MR) is 66.4 cm³/mol. The van der Waals surface area contributed by atoms with Crippen molar-refractivity contribution in [1.29, 1.82) is 0 Å². The van der Waals surface area contributed by atoms with E-state index >= 15 is 0 Å². The second kappa shape index (κ2) is 9.13. The second-order valence-corrected chi connectivity index (χ2v) is 4.29. The maximum absolute atomic E-state index is 5.45. The molecule has 0 aliphatic carbocycles. The summed E-state index contributed by atoms with van der Waals surface area (Å²) in [4.78, 5) is 0. The maximum Gasteiger partial charge on any atom is 0.0771 e. The molecular formula is C12H28N2O. The number of nitrogens with one attached hydrogen (secondary N) is 2. The molecule has 0 amide bonds. The molecule has 15 heavy (non-hydrogen) atoms. The lowest BCUT2D eigenvalue weighted by Crippen LogP contribution is -2.39. The van der Waals surface area contributed by atoms with Crippen LogP contribution in [0.5, 0.6) is 0 Å². The fraction of sp³-hybridized carbons (Fsp3) is 1.00. The smallest absolute Gasteiger partial charge is 0.0771 e. The van der Waals surface area contributed by atoms with Crippen LogP contribution in [-0.2, 0) is 4.74 Å². The maximum atomic E-state index is 5.45. The predicted octanol–water partition coefficient (Wildman–Crippen LogP) is 1.78. The third kappa shape index (κ3) is 7.77. The summed E-state index contributed by atoms with van der Waals surface area (Å²) in [5.41, 5.74) is -0.00313. The number of methoxy groups -OCH3 is 1. The molecule has 0 aliphatic heterocycles. The van der Waals surface area contributed by atoms with Gasteiger partial charge in [-0.1, -0.05) is 13.8 Å². The van der Waals surface area contributed by atoms with Crippen LogP contribution in [0.15, 0.2) is 0 Å². The van der Waals surface area contributed by atoms with Crippen molar-refractivity contribution in [3.05, 3.63) is 0 Å². The first kappa shape index (κ1) is 14.9. The lowest BCUT2D eigenvalue weighted by atomic mass is 10.0. The normalized spacial score (nSPS) is 15.2. The molecule has 92 valence electrons. The molecule has 0 aromatic carbocycles. The van der Waals surface area contributed by atoms with E-state index in [4.69, 9.17) is 4.74 Å². The molecule has 1 atom stereocenters. The summed E-state index contributed by atoms with van der Waals surface area (Å²) in [6.45, 7) is 10.7. The Hall–Kier alpha value is -0.120. The van der Waals surface area contributed by atoms with Crippen LogP contribution >= 0.6 is 0 Å². The summed E-state index contributed by atoms with van der Waals surface area (Å²) in [5, 5.41) is 6.83. The Morgan fingerprint density at radius 2 is 1.73 bits per heavy atom. The highest BCUT2D eigenvalue weighted by molar-refractivity contribution is 4.75. The first-order valence-corrected chi connectivity index (χ1v) is 6.15. The van der Waals surface area contributed by atoms with Crippen LogP contribution in [0, 0.1) is 0 Å². The van der Waals surface area contributed by atoms with E-state index in [2.05, 4.69) is 31.4 Å². The molecule has 3 nitrogen and oxygen atoms in total. The summed E-state index contributed by atoms with van der Waals surface area (Å²) in [7, 11) is 1.79. The molecule has 0 radical (unpaired) electrons. The van der Waals surface area contributed by atoms with Crippen molar-refractivity contribution < 1.29 is 4.74 Å². The van der Waals surface area contributed by atoms with Crippen LogP contribution < -0.4 is 10.6 Å². The van der Waals surface area contributed by atoms with Gasteiger partial charge in [0.05, 0.1) is 5.60 Å². The van der Waals surface area contributed by atoms with Crippen LogP contribution in [0.3, 0.4) is 0 Å². The van der Waals surface area contributed by atoms with Gasteiger partial charge in [-0.25, -0.2) is 0 Å². The van der Waals surface area contributed by atoms with Crippen molar-refractivity contribution in [2.45, 2.75) is 45.6 Å². The van der Waals surface area contributed by atoms with Crippen molar-refractivity contribution in [3.63, 3.8) is 0 Å². The summed E-state index contributed by atoms with van der Waals surface area (Å²) in [5.74, 6) is 0. The Morgan fingerprint density at radius 1 is 1.07 bits per heavy atom. The summed E-state index contributed by atoms with van der Waals surface area (Å²) < 4.78 is 5.45. The monoisotopic (exact) mass is 216 g/mol. The van der Waals surface area contributed by atoms with Crippen LogP contribution in [0.25, 0.3) is 0 Å². The molecule has 0 heterocycles. The van der Waals surface area contributed by atoms with E-state index in [1.165, 1.54) is 12.8 Å². The quantitative estimate of drug-likeness (QED) is 0.546. The number of hydrogen-bond donors (Lipinski definition) is 2. The third-order valence-corrected chi connectivity index (χ3v) is 2.87. The van der Waals surface area contributed by atoms with Crippen molar-refractivity contribution >= 4 is 0 Å². The van der Waals surface area contributed by atoms with E-state index < -0.39 is 0 Å². The summed E-state index contributed by atoms with van der Waals surface area (Å²) in [6.07, 6.45) is 3.44. The second-order valence-electron chi connectivity index (χ2n) is 4.29. The lowest BCUT2D eigenvalue weighted by Gasteiger charge is -2.26. The first-order chi connectivity index (χ1) is 7.18. The molecule has 0 fully saturated rings. The number of ether oxygens (including phenoxy) is 1. The minimum absolute atomic E-state index is 0.00313. The van der Waals surface area contributed by atoms with Gasteiger partial charge in [-0.3, -0.25) is 0 Å². The Labute approximate surface area is 95.0 Å². The van der Waals surface area contributed by atoms with Crippen molar-refractivity contribution in [1.82, 2.24) is 10.6 Å². The Morgan fingerprint density at radius 3 is 2.27 bits per heavy atom. The topological polar surface area (TPSA) is 33.3 Å². The van der Waals surface area contributed by atoms with Gasteiger partial charge in [0.15, 0.2) is 0 Å². The van der Waals surface area contributed by atoms with E-state index in [1.54, 1.807) is 7.11 Å². The molecule has 0 bridgehead atoms. The van der Waals surface area contributed by atoms with E-state index in [9.17, 15) is 0 Å². The van der Waals surface area contributed by atoms with E-state index in [1.807, 2.05) is 0 Å². The molecule has 3 heteroatoms. The van der Waals surface area contributed by atoms with Crippen molar-refractivity contribution in [2.75, 3.05) is 33.3 Å². The zero-order valence-electron chi connectivity index (χ0n) is 10.9. The Bertz CT molecular complexity index is 136. The van der Waals surface area contributed by atoms with Crippen LogP contribution in [-0.4, -0.2) is 38.9 Å². The SMILES string of the molecule is CCCNCCCNCC(C)(CC)OC. The fourth-order valence-corrected chi connectivity index (χ4v) is 1.33. The Kier molecular flexibility index (Phi) is 9.06. The van der Waals surface area contributed by atoms with Gasteiger partial charge in [-0.2, -0.15) is 0 Å². The zero-order valence-corrected chi connectivity index (χ0v) is 10.9. The average molecular weight is 216 g/mol. The van der Waals surface area contributed by atoms with Gasteiger partial charge in [0.2, 0.25) is 0 Å². The molecule has 0 aromatic heterocycles. The van der Waals surface area contributed by atoms with Gasteiger partial charge in [0, 0.05) is 13.7 Å². The van der Waals surface area contributed by atoms with Crippen molar-refractivity contribution in [2.24, 2.45) is 0 Å². The highest BCUT2D eigenvalue weighted by atomic mass is 16.5. The molecule has 0 saturated carbocycles. The van der Waals surface area contributed by atoms with E-state index in [0.29, 0.717) is 0 Å². The average Bonchev–Trinajstić information content (AvgIpc) is 2.27. The highest BCUT2D eigenvalue weighted by Gasteiger charge is 2.19. The molecule has 0 spiro atoms. The molecular weight excluding hydrogens is 188 g/mol. The van der Waals surface area contributed by atoms with Crippen LogP contribution in [0.2, 0.25) is 0 Å². The number of rotatable bonds is 10. The van der Waals surface area contributed by atoms with Crippen LogP contribution in [0.4, 0.5) is 0 Å². The van der Waals surface area contributed by atoms with Gasteiger partial charge in [-0.15, -0.1) is 0 Å². The largest absolute Gasteiger partial charge is 0.377 e. The van der Waals surface area contributed by atoms with Gasteiger partial charge >= 0.3 is 0 Å². The molecule has 2 N–H and O–H groups in total. The Balaban J connectivity index is 3.29. The number of hydrogen-bond acceptors (Lipinski definition) is 3. The molecule has 0 aromatic rings. The molecule has 1 unspecified atom stereocenters. The summed E-state index contributed by atoms with van der Waals surface area (Å²) >= 11 is 0. The van der Waals surface area contributed by atoms with E-state index in [0.717, 1.165) is 32.6 Å². The van der Waals surface area contributed by atoms with Crippen LogP contribution in [0.1, 0.15) is 40.0 Å². The highest BCUT2D eigenvalue weighted by Crippen LogP contribution is 2.11. The van der Waals surface area contributed by atoms with E-state index in [-0.39, 0.29) is 5.60 Å². The fourth-order valence-electron chi connectivity index (χ4n) is 1.33. The van der Waals surface area contributed by atoms with Gasteiger partial charge in [-0.05, 0) is 45.8 Å². The van der Waals surface area contributed by atoms with Crippen molar-refractivity contribution in [3.8, 4) is 0 Å². The molecule has 0 rings (SSSR count). The summed E-state index contributed by atoms with van der Waals surface area (Å²) in [6, 6.07) is 0. The first-order valence-electron chi connectivity index (χ1n) is 6.15. The third-order valence-electron chi connectivity index (χ3n) is 2.87. The minimum atomic E-state index is -0.00313. The van der Waals surface area contributed by atoms with Gasteiger partial charge in [0.25, 0.3) is 0 Å².